The Hall–Kier alpha value is -1.84. The van der Waals surface area contributed by atoms with Crippen molar-refractivity contribution < 1.29 is 8.76 Å². The third-order valence-electron chi connectivity index (χ3n) is 6.41. The Balaban J connectivity index is 1.57. The molecule has 0 saturated heterocycles. The lowest BCUT2D eigenvalue weighted by Gasteiger charge is -2.19. The second-order valence-corrected chi connectivity index (χ2v) is 10.6. The van der Waals surface area contributed by atoms with Gasteiger partial charge in [-0.05, 0) is 67.7 Å². The Bertz CT molecular complexity index is 1030. The van der Waals surface area contributed by atoms with Gasteiger partial charge in [-0.1, -0.05) is 49.2 Å². The number of imidazole rings is 1. The third kappa shape index (κ3) is 4.89. The molecule has 1 aromatic carbocycles. The number of rotatable bonds is 10. The second-order valence-electron chi connectivity index (χ2n) is 8.45. The van der Waals surface area contributed by atoms with Crippen LogP contribution in [-0.2, 0) is 36.9 Å². The van der Waals surface area contributed by atoms with E-state index < -0.39 is 11.1 Å². The number of aromatic nitrogens is 2. The average molecular weight is 475 g/mol. The van der Waals surface area contributed by atoms with E-state index in [1.807, 2.05) is 6.92 Å². The number of benzene rings is 1. The molecule has 2 aliphatic rings. The van der Waals surface area contributed by atoms with Crippen LogP contribution in [0.4, 0.5) is 5.82 Å². The summed E-state index contributed by atoms with van der Waals surface area (Å²) in [7, 11) is 0. The Labute approximate surface area is 197 Å². The number of nitrogens with zero attached hydrogens (tertiary/aromatic N) is 3. The van der Waals surface area contributed by atoms with Gasteiger partial charge in [-0.3, -0.25) is 4.21 Å². The molecule has 174 valence electrons. The molecule has 2 heterocycles. The van der Waals surface area contributed by atoms with E-state index in [0.29, 0.717) is 31.0 Å². The summed E-state index contributed by atoms with van der Waals surface area (Å²) < 4.78 is 24.8. The van der Waals surface area contributed by atoms with Gasteiger partial charge in [-0.25, -0.2) is 9.98 Å². The molecule has 2 atom stereocenters. The van der Waals surface area contributed by atoms with Crippen LogP contribution >= 0.6 is 11.8 Å². The zero-order valence-corrected chi connectivity index (χ0v) is 20.5. The minimum atomic E-state index is -2.00. The summed E-state index contributed by atoms with van der Waals surface area (Å²) in [6, 6.07) is 4.73. The van der Waals surface area contributed by atoms with Gasteiger partial charge >= 0.3 is 0 Å². The lowest BCUT2D eigenvalue weighted by Crippen LogP contribution is -2.23. The van der Waals surface area contributed by atoms with Crippen LogP contribution in [0.15, 0.2) is 27.2 Å². The van der Waals surface area contributed by atoms with Gasteiger partial charge in [0.2, 0.25) is 0 Å². The van der Waals surface area contributed by atoms with E-state index in [9.17, 15) is 8.76 Å². The summed E-state index contributed by atoms with van der Waals surface area (Å²) in [6.07, 6.45) is 7.64. The molecule has 3 N–H and O–H groups in total. The molecule has 2 aromatic rings. The molecule has 32 heavy (non-hydrogen) atoms. The number of aryl methyl sites for hydroxylation is 3. The maximum Gasteiger partial charge on any atom is 0.175 e. The molecule has 0 saturated carbocycles. The monoisotopic (exact) mass is 474 g/mol. The highest BCUT2D eigenvalue weighted by molar-refractivity contribution is 7.99. The van der Waals surface area contributed by atoms with Crippen LogP contribution in [0.3, 0.4) is 0 Å². The Morgan fingerprint density at radius 2 is 2.06 bits per heavy atom. The molecule has 0 fully saturated rings. The lowest BCUT2D eigenvalue weighted by molar-refractivity contribution is 0.496. The maximum atomic E-state index is 11.3. The summed E-state index contributed by atoms with van der Waals surface area (Å²) in [5, 5.41) is 3.99. The molecule has 1 aliphatic heterocycles. The topological polar surface area (TPSA) is 108 Å². The number of aliphatic imine (C=N–C) groups is 1. The first-order valence-electron chi connectivity index (χ1n) is 11.6. The van der Waals surface area contributed by atoms with Crippen LogP contribution in [0.5, 0.6) is 0 Å². The van der Waals surface area contributed by atoms with E-state index in [4.69, 9.17) is 10.7 Å². The molecule has 2 unspecified atom stereocenters. The van der Waals surface area contributed by atoms with Crippen molar-refractivity contribution in [1.29, 1.82) is 0 Å². The van der Waals surface area contributed by atoms with Gasteiger partial charge < -0.3 is 20.2 Å². The molecule has 1 aliphatic carbocycles. The molecule has 4 rings (SSSR count). The van der Waals surface area contributed by atoms with Crippen molar-refractivity contribution in [2.75, 3.05) is 12.0 Å². The Morgan fingerprint density at radius 1 is 1.28 bits per heavy atom. The van der Waals surface area contributed by atoms with Crippen LogP contribution < -0.4 is 11.1 Å². The molecule has 0 bridgehead atoms. The summed E-state index contributed by atoms with van der Waals surface area (Å²) in [4.78, 5) is 10.4. The predicted molar refractivity (Wildman–Crippen MR) is 130 cm³/mol. The van der Waals surface area contributed by atoms with E-state index in [1.54, 1.807) is 11.8 Å². The first kappa shape index (κ1) is 23.3. The quantitative estimate of drug-likeness (QED) is 0.398. The number of hydrogen-bond donors (Lipinski definition) is 2. The van der Waals surface area contributed by atoms with E-state index in [2.05, 4.69) is 33.9 Å². The fourth-order valence-electron chi connectivity index (χ4n) is 4.55. The van der Waals surface area contributed by atoms with E-state index in [0.717, 1.165) is 43.2 Å². The van der Waals surface area contributed by atoms with Gasteiger partial charge in [0.15, 0.2) is 5.16 Å². The Morgan fingerprint density at radius 3 is 2.78 bits per heavy atom. The minimum absolute atomic E-state index is 0.264. The van der Waals surface area contributed by atoms with Crippen LogP contribution in [0, 0.1) is 0 Å². The molecule has 0 spiro atoms. The number of amidine groups is 1. The Kier molecular flexibility index (Phi) is 7.58. The van der Waals surface area contributed by atoms with Gasteiger partial charge in [0.25, 0.3) is 0 Å². The van der Waals surface area contributed by atoms with Gasteiger partial charge in [-0.15, -0.1) is 0 Å². The number of unbranched alkanes of at least 4 members (excludes halogenated alkanes) is 1. The van der Waals surface area contributed by atoms with Gasteiger partial charge in [0.1, 0.15) is 24.0 Å². The maximum absolute atomic E-state index is 11.3. The SMILES string of the molecule is CCc1cc2c(cc1Sc1nc3c(n1CCCCC(CC)S(=O)[O-])NCN=C3N)CCC2. The fraction of sp³-hybridized carbons (Fsp3) is 0.565. The van der Waals surface area contributed by atoms with Crippen molar-refractivity contribution in [1.82, 2.24) is 9.55 Å². The van der Waals surface area contributed by atoms with Crippen molar-refractivity contribution in [3.63, 3.8) is 0 Å². The normalized spacial score (nSPS) is 16.8. The number of anilines is 1. The van der Waals surface area contributed by atoms with E-state index in [-0.39, 0.29) is 5.25 Å². The van der Waals surface area contributed by atoms with Crippen molar-refractivity contribution in [2.45, 2.75) is 87.1 Å². The molecule has 0 amide bonds. The van der Waals surface area contributed by atoms with Crippen molar-refractivity contribution in [3.05, 3.63) is 34.5 Å². The summed E-state index contributed by atoms with van der Waals surface area (Å²) in [5.74, 6) is 1.38. The molecule has 7 nitrogen and oxygen atoms in total. The van der Waals surface area contributed by atoms with Crippen molar-refractivity contribution in [2.24, 2.45) is 10.7 Å². The largest absolute Gasteiger partial charge is 0.772 e. The minimum Gasteiger partial charge on any atom is -0.772 e. The number of nitrogens with two attached hydrogens (primary N) is 1. The molecule has 0 radical (unpaired) electrons. The summed E-state index contributed by atoms with van der Waals surface area (Å²) in [5.41, 5.74) is 11.2. The molecular formula is C23H32N5O2S2-. The first-order valence-corrected chi connectivity index (χ1v) is 13.5. The molecule has 1 aromatic heterocycles. The van der Waals surface area contributed by atoms with Crippen LogP contribution in [0.25, 0.3) is 0 Å². The molecular weight excluding hydrogens is 442 g/mol. The van der Waals surface area contributed by atoms with Gasteiger partial charge in [-0.2, -0.15) is 0 Å². The van der Waals surface area contributed by atoms with E-state index >= 15 is 0 Å². The number of fused-ring (bicyclic) bond motifs is 2. The van der Waals surface area contributed by atoms with E-state index in [1.165, 1.54) is 34.4 Å². The predicted octanol–water partition coefficient (Wildman–Crippen LogP) is 4.00. The zero-order chi connectivity index (χ0) is 22.7. The molecule has 9 heteroatoms. The zero-order valence-electron chi connectivity index (χ0n) is 18.9. The second kappa shape index (κ2) is 10.4. The summed E-state index contributed by atoms with van der Waals surface area (Å²) >= 11 is -0.300. The van der Waals surface area contributed by atoms with Crippen LogP contribution in [-0.4, -0.2) is 36.1 Å². The third-order valence-corrected chi connectivity index (χ3v) is 8.62. The first-order chi connectivity index (χ1) is 15.5. The van der Waals surface area contributed by atoms with Gasteiger partial charge in [0, 0.05) is 16.7 Å². The highest BCUT2D eigenvalue weighted by Gasteiger charge is 2.24. The number of nitrogens with one attached hydrogen (secondary N) is 1. The standard InChI is InChI=1S/C23H33N5O2S2/c1-3-15-12-16-8-7-9-17(16)13-19(15)31-23-27-20-21(24)25-14-26-22(20)28(23)11-6-5-10-18(4-2)32(29)30/h12-13,18,26H,3-11,14H2,1-2H3,(H2,24,25)(H,29,30)/p-1. The fourth-order valence-corrected chi connectivity index (χ4v) is 6.34. The number of hydrogen-bond acceptors (Lipinski definition) is 7. The average Bonchev–Trinajstić information content (AvgIpc) is 3.37. The van der Waals surface area contributed by atoms with Gasteiger partial charge in [0.05, 0.1) is 0 Å². The van der Waals surface area contributed by atoms with Crippen molar-refractivity contribution >= 4 is 34.5 Å². The highest BCUT2D eigenvalue weighted by atomic mass is 32.2. The lowest BCUT2D eigenvalue weighted by atomic mass is 10.0. The van der Waals surface area contributed by atoms with Crippen molar-refractivity contribution in [3.8, 4) is 0 Å². The van der Waals surface area contributed by atoms with Crippen LogP contribution in [0.1, 0.15) is 68.3 Å². The van der Waals surface area contributed by atoms with Crippen LogP contribution in [0.2, 0.25) is 0 Å². The smallest absolute Gasteiger partial charge is 0.175 e. The summed E-state index contributed by atoms with van der Waals surface area (Å²) in [6.45, 7) is 5.34. The highest BCUT2D eigenvalue weighted by Crippen LogP contribution is 2.37.